The van der Waals surface area contributed by atoms with E-state index < -0.39 is 5.97 Å². The summed E-state index contributed by atoms with van der Waals surface area (Å²) in [5.41, 5.74) is -0.277. The van der Waals surface area contributed by atoms with Crippen LogP contribution in [0.15, 0.2) is 12.2 Å². The highest BCUT2D eigenvalue weighted by atomic mass is 17.2. The second kappa shape index (κ2) is 10.2. The minimum atomic E-state index is -0.832. The van der Waals surface area contributed by atoms with Gasteiger partial charge < -0.3 is 5.11 Å². The molecular formula is C20H36O4. The van der Waals surface area contributed by atoms with E-state index in [4.69, 9.17) is 14.9 Å². The lowest BCUT2D eigenvalue weighted by atomic mass is 9.77. The number of aliphatic carboxylic acids is 1. The standard InChI is InChI=1S/C20H36O4/c1-6-9-10-17(7-2)11-15(4)13-20(8-3)14-16(5)18(23-24-20)12-19(21)22/h9-10,15-18H,6-8,11-14H2,1-5H3,(H,21,22)/b10-9+/t15-,16+,17-,18+,20-/m0/s1. The van der Waals surface area contributed by atoms with Crippen molar-refractivity contribution >= 4 is 5.97 Å². The molecule has 0 aromatic carbocycles. The highest BCUT2D eigenvalue weighted by molar-refractivity contribution is 5.67. The van der Waals surface area contributed by atoms with Crippen molar-refractivity contribution in [1.29, 1.82) is 0 Å². The van der Waals surface area contributed by atoms with Crippen LogP contribution >= 0.6 is 0 Å². The molecule has 0 amide bonds. The molecule has 0 aromatic heterocycles. The highest BCUT2D eigenvalue weighted by Crippen LogP contribution is 2.40. The third kappa shape index (κ3) is 6.56. The first-order chi connectivity index (χ1) is 11.4. The van der Waals surface area contributed by atoms with Gasteiger partial charge in [-0.1, -0.05) is 46.8 Å². The van der Waals surface area contributed by atoms with Crippen LogP contribution in [0.25, 0.3) is 0 Å². The van der Waals surface area contributed by atoms with E-state index >= 15 is 0 Å². The molecule has 1 saturated heterocycles. The molecule has 1 aliphatic rings. The van der Waals surface area contributed by atoms with E-state index in [1.807, 2.05) is 0 Å². The van der Waals surface area contributed by atoms with Crippen LogP contribution < -0.4 is 0 Å². The van der Waals surface area contributed by atoms with Crippen LogP contribution in [-0.4, -0.2) is 22.8 Å². The van der Waals surface area contributed by atoms with E-state index in [2.05, 4.69) is 46.8 Å². The minimum Gasteiger partial charge on any atom is -0.481 e. The molecule has 0 bridgehead atoms. The van der Waals surface area contributed by atoms with Gasteiger partial charge in [-0.15, -0.1) is 0 Å². The van der Waals surface area contributed by atoms with Crippen LogP contribution in [0, 0.1) is 17.8 Å². The van der Waals surface area contributed by atoms with Crippen molar-refractivity contribution in [3.05, 3.63) is 12.2 Å². The van der Waals surface area contributed by atoms with E-state index in [9.17, 15) is 4.79 Å². The summed E-state index contributed by atoms with van der Waals surface area (Å²) < 4.78 is 0. The van der Waals surface area contributed by atoms with Crippen molar-refractivity contribution in [3.8, 4) is 0 Å². The van der Waals surface area contributed by atoms with Crippen molar-refractivity contribution in [2.45, 2.75) is 91.3 Å². The average molecular weight is 341 g/mol. The van der Waals surface area contributed by atoms with E-state index in [0.717, 1.165) is 38.5 Å². The highest BCUT2D eigenvalue weighted by Gasteiger charge is 2.42. The van der Waals surface area contributed by atoms with Gasteiger partial charge in [0.2, 0.25) is 0 Å². The third-order valence-corrected chi connectivity index (χ3v) is 5.29. The van der Waals surface area contributed by atoms with Crippen LogP contribution in [0.4, 0.5) is 0 Å². The second-order valence-electron chi connectivity index (χ2n) is 7.58. The maximum Gasteiger partial charge on any atom is 0.306 e. The first kappa shape index (κ1) is 21.2. The van der Waals surface area contributed by atoms with Gasteiger partial charge >= 0.3 is 5.97 Å². The molecule has 24 heavy (non-hydrogen) atoms. The van der Waals surface area contributed by atoms with Crippen LogP contribution in [-0.2, 0) is 14.6 Å². The van der Waals surface area contributed by atoms with Gasteiger partial charge in [-0.3, -0.25) is 4.79 Å². The maximum absolute atomic E-state index is 10.9. The smallest absolute Gasteiger partial charge is 0.306 e. The van der Waals surface area contributed by atoms with Gasteiger partial charge in [-0.2, -0.15) is 0 Å². The van der Waals surface area contributed by atoms with Crippen LogP contribution in [0.5, 0.6) is 0 Å². The molecule has 0 saturated carbocycles. The lowest BCUT2D eigenvalue weighted by Gasteiger charge is -2.43. The Morgan fingerprint density at radius 3 is 2.58 bits per heavy atom. The number of allylic oxidation sites excluding steroid dienone is 2. The number of rotatable bonds is 10. The van der Waals surface area contributed by atoms with E-state index in [-0.39, 0.29) is 24.0 Å². The van der Waals surface area contributed by atoms with Crippen molar-refractivity contribution in [2.75, 3.05) is 0 Å². The van der Waals surface area contributed by atoms with Crippen LogP contribution in [0.3, 0.4) is 0 Å². The number of hydrogen-bond acceptors (Lipinski definition) is 3. The predicted molar refractivity (Wildman–Crippen MR) is 96.6 cm³/mol. The first-order valence-electron chi connectivity index (χ1n) is 9.58. The molecule has 1 N–H and O–H groups in total. The van der Waals surface area contributed by atoms with E-state index in [1.54, 1.807) is 0 Å². The lowest BCUT2D eigenvalue weighted by Crippen LogP contribution is -2.45. The van der Waals surface area contributed by atoms with Gasteiger partial charge in [0.15, 0.2) is 0 Å². The summed E-state index contributed by atoms with van der Waals surface area (Å²) >= 11 is 0. The van der Waals surface area contributed by atoms with Crippen molar-refractivity contribution < 1.29 is 19.7 Å². The molecule has 1 rings (SSSR count). The summed E-state index contributed by atoms with van der Waals surface area (Å²) in [6, 6.07) is 0. The Morgan fingerprint density at radius 2 is 2.08 bits per heavy atom. The fourth-order valence-electron chi connectivity index (χ4n) is 3.83. The minimum absolute atomic E-state index is 0.0102. The van der Waals surface area contributed by atoms with Crippen LogP contribution in [0.2, 0.25) is 0 Å². The van der Waals surface area contributed by atoms with Crippen molar-refractivity contribution in [2.24, 2.45) is 17.8 Å². The summed E-state index contributed by atoms with van der Waals surface area (Å²) in [6.07, 6.45) is 10.4. The van der Waals surface area contributed by atoms with Gasteiger partial charge in [0, 0.05) is 0 Å². The molecule has 5 atom stereocenters. The molecule has 0 spiro atoms. The normalized spacial score (nSPS) is 30.4. The molecule has 1 fully saturated rings. The van der Waals surface area contributed by atoms with E-state index in [0.29, 0.717) is 11.8 Å². The summed E-state index contributed by atoms with van der Waals surface area (Å²) in [7, 11) is 0. The van der Waals surface area contributed by atoms with Gasteiger partial charge in [-0.05, 0) is 56.3 Å². The predicted octanol–water partition coefficient (Wildman–Crippen LogP) is 5.38. The summed E-state index contributed by atoms with van der Waals surface area (Å²) in [6.45, 7) is 10.9. The summed E-state index contributed by atoms with van der Waals surface area (Å²) in [5.74, 6) is 0.532. The zero-order valence-corrected chi connectivity index (χ0v) is 16.1. The zero-order valence-electron chi connectivity index (χ0n) is 16.1. The average Bonchev–Trinajstić information content (AvgIpc) is 2.53. The molecule has 1 heterocycles. The lowest BCUT2D eigenvalue weighted by molar-refractivity contribution is -0.423. The summed E-state index contributed by atoms with van der Waals surface area (Å²) in [4.78, 5) is 22.2. The molecule has 0 aromatic rings. The van der Waals surface area contributed by atoms with E-state index in [1.165, 1.54) is 0 Å². The quantitative estimate of drug-likeness (QED) is 0.429. The molecule has 1 aliphatic heterocycles. The van der Waals surface area contributed by atoms with Gasteiger partial charge in [0.25, 0.3) is 0 Å². The van der Waals surface area contributed by atoms with Crippen LogP contribution in [0.1, 0.15) is 79.6 Å². The van der Waals surface area contributed by atoms with Crippen molar-refractivity contribution in [3.63, 3.8) is 0 Å². The number of hydrogen-bond donors (Lipinski definition) is 1. The molecule has 4 nitrogen and oxygen atoms in total. The number of carboxylic acids is 1. The summed E-state index contributed by atoms with van der Waals surface area (Å²) in [5, 5.41) is 8.97. The second-order valence-corrected chi connectivity index (χ2v) is 7.58. The Labute approximate surface area is 147 Å². The molecule has 0 unspecified atom stereocenters. The Bertz CT molecular complexity index is 406. The first-order valence-corrected chi connectivity index (χ1v) is 9.58. The number of carbonyl (C=O) groups is 1. The maximum atomic E-state index is 10.9. The monoisotopic (exact) mass is 340 g/mol. The molecular weight excluding hydrogens is 304 g/mol. The fourth-order valence-corrected chi connectivity index (χ4v) is 3.83. The molecule has 0 aliphatic carbocycles. The fraction of sp³-hybridized carbons (Fsp3) is 0.850. The molecule has 0 radical (unpaired) electrons. The number of carboxylic acid groups (broad SMARTS) is 1. The molecule has 4 heteroatoms. The zero-order chi connectivity index (χ0) is 18.2. The SMILES string of the molecule is CC/C=C/[C@H](CC)C[C@H](C)C[C@@]1(CC)C[C@@H](C)[C@@H](CC(=O)O)OO1. The topological polar surface area (TPSA) is 55.8 Å². The van der Waals surface area contributed by atoms with Gasteiger partial charge in [0.1, 0.15) is 11.7 Å². The van der Waals surface area contributed by atoms with Crippen molar-refractivity contribution in [1.82, 2.24) is 0 Å². The largest absolute Gasteiger partial charge is 0.481 e. The Hall–Kier alpha value is -0.870. The Kier molecular flexibility index (Phi) is 8.99. The van der Waals surface area contributed by atoms with Gasteiger partial charge in [0.05, 0.1) is 6.42 Å². The molecule has 140 valence electrons. The Morgan fingerprint density at radius 1 is 1.38 bits per heavy atom. The Balaban J connectivity index is 2.62. The van der Waals surface area contributed by atoms with Gasteiger partial charge in [-0.25, -0.2) is 9.78 Å². The third-order valence-electron chi connectivity index (χ3n) is 5.29.